The summed E-state index contributed by atoms with van der Waals surface area (Å²) < 4.78 is 10.4. The highest BCUT2D eigenvalue weighted by Gasteiger charge is 2.21. The first-order valence-electron chi connectivity index (χ1n) is 6.51. The SMILES string of the molecule is COc1cccc(Cc2nc(CNC3CC3)no2)c1. The molecule has 2 aromatic rings. The van der Waals surface area contributed by atoms with Gasteiger partial charge in [-0.1, -0.05) is 17.3 Å². The van der Waals surface area contributed by atoms with Gasteiger partial charge in [0.2, 0.25) is 5.89 Å². The molecule has 0 spiro atoms. The number of aromatic nitrogens is 2. The molecule has 1 saturated carbocycles. The van der Waals surface area contributed by atoms with E-state index in [2.05, 4.69) is 15.5 Å². The van der Waals surface area contributed by atoms with Crippen LogP contribution in [0, 0.1) is 0 Å². The van der Waals surface area contributed by atoms with Gasteiger partial charge in [0.05, 0.1) is 20.1 Å². The Kier molecular flexibility index (Phi) is 3.46. The molecule has 1 aromatic heterocycles. The zero-order valence-corrected chi connectivity index (χ0v) is 10.9. The fourth-order valence-corrected chi connectivity index (χ4v) is 1.91. The highest BCUT2D eigenvalue weighted by molar-refractivity contribution is 5.29. The van der Waals surface area contributed by atoms with E-state index < -0.39 is 0 Å². The smallest absolute Gasteiger partial charge is 0.231 e. The summed E-state index contributed by atoms with van der Waals surface area (Å²) in [4.78, 5) is 4.38. The molecule has 19 heavy (non-hydrogen) atoms. The summed E-state index contributed by atoms with van der Waals surface area (Å²) in [5.74, 6) is 2.21. The van der Waals surface area contributed by atoms with Crippen LogP contribution in [0.2, 0.25) is 0 Å². The van der Waals surface area contributed by atoms with E-state index in [1.54, 1.807) is 7.11 Å². The third kappa shape index (κ3) is 3.32. The maximum Gasteiger partial charge on any atom is 0.231 e. The van der Waals surface area contributed by atoms with Crippen molar-refractivity contribution in [2.75, 3.05) is 7.11 Å². The van der Waals surface area contributed by atoms with Crippen LogP contribution in [0.25, 0.3) is 0 Å². The molecule has 1 heterocycles. The molecule has 1 fully saturated rings. The Labute approximate surface area is 112 Å². The van der Waals surface area contributed by atoms with Crippen molar-refractivity contribution < 1.29 is 9.26 Å². The first-order chi connectivity index (χ1) is 9.33. The number of benzene rings is 1. The summed E-state index contributed by atoms with van der Waals surface area (Å²) >= 11 is 0. The Morgan fingerprint density at radius 1 is 1.42 bits per heavy atom. The molecule has 100 valence electrons. The van der Waals surface area contributed by atoms with Gasteiger partial charge in [0.15, 0.2) is 5.82 Å². The monoisotopic (exact) mass is 259 g/mol. The molecule has 0 unspecified atom stereocenters. The maximum atomic E-state index is 5.25. The van der Waals surface area contributed by atoms with E-state index in [4.69, 9.17) is 9.26 Å². The van der Waals surface area contributed by atoms with Crippen molar-refractivity contribution >= 4 is 0 Å². The summed E-state index contributed by atoms with van der Waals surface area (Å²) in [6.45, 7) is 0.687. The van der Waals surface area contributed by atoms with Gasteiger partial charge in [-0.25, -0.2) is 0 Å². The van der Waals surface area contributed by atoms with E-state index in [1.165, 1.54) is 12.8 Å². The lowest BCUT2D eigenvalue weighted by molar-refractivity contribution is 0.377. The second kappa shape index (κ2) is 5.40. The lowest BCUT2D eigenvalue weighted by atomic mass is 10.1. The molecule has 1 N–H and O–H groups in total. The van der Waals surface area contributed by atoms with Gasteiger partial charge in [-0.2, -0.15) is 4.98 Å². The van der Waals surface area contributed by atoms with Crippen molar-refractivity contribution in [2.24, 2.45) is 0 Å². The van der Waals surface area contributed by atoms with Crippen molar-refractivity contribution in [3.63, 3.8) is 0 Å². The van der Waals surface area contributed by atoms with Crippen LogP contribution in [0.5, 0.6) is 5.75 Å². The zero-order valence-electron chi connectivity index (χ0n) is 10.9. The zero-order chi connectivity index (χ0) is 13.1. The van der Waals surface area contributed by atoms with Crippen LogP contribution in [0.4, 0.5) is 0 Å². The third-order valence-corrected chi connectivity index (χ3v) is 3.13. The summed E-state index contributed by atoms with van der Waals surface area (Å²) in [5.41, 5.74) is 1.10. The Hall–Kier alpha value is -1.88. The number of hydrogen-bond acceptors (Lipinski definition) is 5. The lowest BCUT2D eigenvalue weighted by Gasteiger charge is -2.01. The van der Waals surface area contributed by atoms with Gasteiger partial charge in [0, 0.05) is 6.04 Å². The van der Waals surface area contributed by atoms with Gasteiger partial charge in [0.1, 0.15) is 5.75 Å². The molecule has 1 aromatic carbocycles. The molecule has 5 nitrogen and oxygen atoms in total. The van der Waals surface area contributed by atoms with Gasteiger partial charge in [-0.05, 0) is 30.5 Å². The van der Waals surface area contributed by atoms with Crippen LogP contribution in [-0.2, 0) is 13.0 Å². The Bertz CT molecular complexity index is 549. The minimum atomic E-state index is 0.633. The minimum absolute atomic E-state index is 0.633. The number of rotatable bonds is 6. The fraction of sp³-hybridized carbons (Fsp3) is 0.429. The number of nitrogens with zero attached hydrogens (tertiary/aromatic N) is 2. The third-order valence-electron chi connectivity index (χ3n) is 3.13. The van der Waals surface area contributed by atoms with Crippen LogP contribution >= 0.6 is 0 Å². The van der Waals surface area contributed by atoms with Crippen LogP contribution < -0.4 is 10.1 Å². The molecular formula is C14H17N3O2. The predicted octanol–water partition coefficient (Wildman–Crippen LogP) is 1.92. The van der Waals surface area contributed by atoms with E-state index in [0.29, 0.717) is 24.9 Å². The predicted molar refractivity (Wildman–Crippen MR) is 70.0 cm³/mol. The maximum absolute atomic E-state index is 5.25. The van der Waals surface area contributed by atoms with Gasteiger partial charge in [-0.15, -0.1) is 0 Å². The Morgan fingerprint density at radius 2 is 2.32 bits per heavy atom. The normalized spacial score (nSPS) is 14.6. The second-order valence-corrected chi connectivity index (χ2v) is 4.79. The van der Waals surface area contributed by atoms with Crippen molar-refractivity contribution in [1.29, 1.82) is 0 Å². The quantitative estimate of drug-likeness (QED) is 0.858. The number of nitrogens with one attached hydrogen (secondary N) is 1. The molecular weight excluding hydrogens is 242 g/mol. The average Bonchev–Trinajstić information content (AvgIpc) is 3.17. The van der Waals surface area contributed by atoms with Crippen LogP contribution in [-0.4, -0.2) is 23.3 Å². The van der Waals surface area contributed by atoms with E-state index >= 15 is 0 Å². The van der Waals surface area contributed by atoms with Gasteiger partial charge in [0.25, 0.3) is 0 Å². The molecule has 3 rings (SSSR count). The summed E-state index contributed by atoms with van der Waals surface area (Å²) in [7, 11) is 1.66. The number of ether oxygens (including phenoxy) is 1. The van der Waals surface area contributed by atoms with Crippen LogP contribution in [0.3, 0.4) is 0 Å². The van der Waals surface area contributed by atoms with E-state index in [0.717, 1.165) is 17.1 Å². The van der Waals surface area contributed by atoms with Crippen molar-refractivity contribution in [3.8, 4) is 5.75 Å². The molecule has 5 heteroatoms. The molecule has 1 aliphatic carbocycles. The lowest BCUT2D eigenvalue weighted by Crippen LogP contribution is -2.16. The molecule has 0 saturated heterocycles. The van der Waals surface area contributed by atoms with Gasteiger partial charge >= 0.3 is 0 Å². The van der Waals surface area contributed by atoms with Crippen LogP contribution in [0.15, 0.2) is 28.8 Å². The van der Waals surface area contributed by atoms with Gasteiger partial charge in [-0.3, -0.25) is 0 Å². The molecule has 0 aliphatic heterocycles. The number of methoxy groups -OCH3 is 1. The Morgan fingerprint density at radius 3 is 3.11 bits per heavy atom. The largest absolute Gasteiger partial charge is 0.497 e. The minimum Gasteiger partial charge on any atom is -0.497 e. The highest BCUT2D eigenvalue weighted by Crippen LogP contribution is 2.19. The van der Waals surface area contributed by atoms with Crippen molar-refractivity contribution in [1.82, 2.24) is 15.5 Å². The Balaban J connectivity index is 1.61. The first-order valence-corrected chi connectivity index (χ1v) is 6.51. The first kappa shape index (κ1) is 12.2. The topological polar surface area (TPSA) is 60.2 Å². The van der Waals surface area contributed by atoms with E-state index in [9.17, 15) is 0 Å². The standard InChI is InChI=1S/C14H17N3O2/c1-18-12-4-2-3-10(7-12)8-14-16-13(17-19-14)9-15-11-5-6-11/h2-4,7,11,15H,5-6,8-9H2,1H3. The fourth-order valence-electron chi connectivity index (χ4n) is 1.91. The summed E-state index contributed by atoms with van der Waals surface area (Å²) in [5, 5.41) is 7.34. The van der Waals surface area contributed by atoms with E-state index in [1.807, 2.05) is 24.3 Å². The molecule has 0 bridgehead atoms. The molecule has 1 aliphatic rings. The van der Waals surface area contributed by atoms with Crippen LogP contribution in [0.1, 0.15) is 30.1 Å². The molecule has 0 amide bonds. The summed E-state index contributed by atoms with van der Waals surface area (Å²) in [6, 6.07) is 8.53. The second-order valence-electron chi connectivity index (χ2n) is 4.79. The molecule has 0 radical (unpaired) electrons. The van der Waals surface area contributed by atoms with Gasteiger partial charge < -0.3 is 14.6 Å². The average molecular weight is 259 g/mol. The summed E-state index contributed by atoms with van der Waals surface area (Å²) in [6.07, 6.45) is 3.15. The number of hydrogen-bond donors (Lipinski definition) is 1. The molecule has 0 atom stereocenters. The highest BCUT2D eigenvalue weighted by atomic mass is 16.5. The van der Waals surface area contributed by atoms with Crippen molar-refractivity contribution in [3.05, 3.63) is 41.5 Å². The van der Waals surface area contributed by atoms with E-state index in [-0.39, 0.29) is 0 Å². The van der Waals surface area contributed by atoms with Crippen molar-refractivity contribution in [2.45, 2.75) is 31.8 Å².